The summed E-state index contributed by atoms with van der Waals surface area (Å²) in [6.07, 6.45) is 0. The Morgan fingerprint density at radius 3 is 2.32 bits per heavy atom. The lowest BCUT2D eigenvalue weighted by Gasteiger charge is -2.12. The summed E-state index contributed by atoms with van der Waals surface area (Å²) in [5.41, 5.74) is 1.67. The first-order valence-corrected chi connectivity index (χ1v) is 11.4. The molecule has 0 aliphatic rings. The van der Waals surface area contributed by atoms with Gasteiger partial charge in [0.2, 0.25) is 11.8 Å². The summed E-state index contributed by atoms with van der Waals surface area (Å²) >= 11 is 2.78. The van der Waals surface area contributed by atoms with Crippen LogP contribution in [0.1, 0.15) is 19.5 Å². The molecule has 31 heavy (non-hydrogen) atoms. The molecule has 0 aliphatic heterocycles. The third-order valence-corrected chi connectivity index (χ3v) is 6.06. The number of H-pyrrole nitrogens is 1. The molecule has 2 amide bonds. The van der Waals surface area contributed by atoms with E-state index in [4.69, 9.17) is 0 Å². The SMILES string of the molecule is CC(=O)Nc1ccc(NC(=O)C(C)Sc2nc(CSc3ccccc3)cc(=O)[nH]2)cc1. The Morgan fingerprint density at radius 1 is 1.03 bits per heavy atom. The van der Waals surface area contributed by atoms with E-state index in [2.05, 4.69) is 20.6 Å². The van der Waals surface area contributed by atoms with Crippen LogP contribution in [0.5, 0.6) is 0 Å². The van der Waals surface area contributed by atoms with Crippen molar-refractivity contribution in [2.24, 2.45) is 0 Å². The Bertz CT molecular complexity index is 1100. The van der Waals surface area contributed by atoms with E-state index in [1.807, 2.05) is 30.3 Å². The minimum Gasteiger partial charge on any atom is -0.326 e. The summed E-state index contributed by atoms with van der Waals surface area (Å²) in [7, 11) is 0. The van der Waals surface area contributed by atoms with Gasteiger partial charge in [-0.1, -0.05) is 30.0 Å². The average Bonchev–Trinajstić information content (AvgIpc) is 2.73. The third-order valence-electron chi connectivity index (χ3n) is 4.03. The number of anilines is 2. The highest BCUT2D eigenvalue weighted by Gasteiger charge is 2.16. The number of carbonyl (C=O) groups excluding carboxylic acids is 2. The van der Waals surface area contributed by atoms with Gasteiger partial charge >= 0.3 is 0 Å². The van der Waals surface area contributed by atoms with Gasteiger partial charge in [-0.3, -0.25) is 14.4 Å². The molecule has 160 valence electrons. The van der Waals surface area contributed by atoms with Crippen molar-refractivity contribution in [3.8, 4) is 0 Å². The quantitative estimate of drug-likeness (QED) is 0.349. The second-order valence-corrected chi connectivity index (χ2v) is 9.03. The summed E-state index contributed by atoms with van der Waals surface area (Å²) in [6.45, 7) is 3.18. The van der Waals surface area contributed by atoms with Crippen LogP contribution in [0, 0.1) is 0 Å². The van der Waals surface area contributed by atoms with Gasteiger partial charge in [-0.2, -0.15) is 0 Å². The molecule has 1 aromatic heterocycles. The lowest BCUT2D eigenvalue weighted by atomic mass is 10.2. The van der Waals surface area contributed by atoms with Crippen LogP contribution in [-0.4, -0.2) is 27.0 Å². The molecule has 7 nitrogen and oxygen atoms in total. The molecular weight excluding hydrogens is 432 g/mol. The van der Waals surface area contributed by atoms with Gasteiger partial charge in [-0.15, -0.1) is 11.8 Å². The molecule has 0 radical (unpaired) electrons. The zero-order valence-electron chi connectivity index (χ0n) is 17.0. The van der Waals surface area contributed by atoms with Crippen LogP contribution >= 0.6 is 23.5 Å². The van der Waals surface area contributed by atoms with Gasteiger partial charge in [0.15, 0.2) is 5.16 Å². The predicted molar refractivity (Wildman–Crippen MR) is 126 cm³/mol. The molecule has 2 aromatic carbocycles. The Balaban J connectivity index is 1.59. The first kappa shape index (κ1) is 22.6. The number of benzene rings is 2. The maximum Gasteiger partial charge on any atom is 0.251 e. The number of nitrogens with one attached hydrogen (secondary N) is 3. The van der Waals surface area contributed by atoms with Gasteiger partial charge in [0.1, 0.15) is 0 Å². The molecule has 0 saturated carbocycles. The lowest BCUT2D eigenvalue weighted by Crippen LogP contribution is -2.23. The predicted octanol–water partition coefficient (Wildman–Crippen LogP) is 4.14. The van der Waals surface area contributed by atoms with E-state index in [0.717, 1.165) is 4.90 Å². The third kappa shape index (κ3) is 7.30. The lowest BCUT2D eigenvalue weighted by molar-refractivity contribution is -0.115. The van der Waals surface area contributed by atoms with Crippen molar-refractivity contribution in [1.82, 2.24) is 9.97 Å². The number of amides is 2. The van der Waals surface area contributed by atoms with E-state index in [1.54, 1.807) is 43.0 Å². The smallest absolute Gasteiger partial charge is 0.251 e. The van der Waals surface area contributed by atoms with Gasteiger partial charge in [0.05, 0.1) is 10.9 Å². The van der Waals surface area contributed by atoms with Gasteiger partial charge in [-0.25, -0.2) is 4.98 Å². The van der Waals surface area contributed by atoms with Crippen LogP contribution < -0.4 is 16.2 Å². The summed E-state index contributed by atoms with van der Waals surface area (Å²) in [4.78, 5) is 43.9. The van der Waals surface area contributed by atoms with Crippen molar-refractivity contribution in [3.05, 3.63) is 76.7 Å². The Labute approximate surface area is 188 Å². The van der Waals surface area contributed by atoms with Crippen LogP contribution in [0.4, 0.5) is 11.4 Å². The molecule has 1 heterocycles. The average molecular weight is 455 g/mol. The fourth-order valence-electron chi connectivity index (χ4n) is 2.59. The minimum absolute atomic E-state index is 0.160. The van der Waals surface area contributed by atoms with Crippen LogP contribution in [0.25, 0.3) is 0 Å². The van der Waals surface area contributed by atoms with Crippen LogP contribution in [0.3, 0.4) is 0 Å². The van der Waals surface area contributed by atoms with Gasteiger partial charge in [-0.05, 0) is 43.3 Å². The number of hydrogen-bond donors (Lipinski definition) is 3. The molecule has 3 rings (SSSR count). The Hall–Kier alpha value is -3.04. The van der Waals surface area contributed by atoms with Crippen molar-refractivity contribution in [1.29, 1.82) is 0 Å². The van der Waals surface area contributed by atoms with Crippen molar-refractivity contribution < 1.29 is 9.59 Å². The molecular formula is C22H22N4O3S2. The van der Waals surface area contributed by atoms with E-state index in [0.29, 0.717) is 28.0 Å². The van der Waals surface area contributed by atoms with Gasteiger partial charge in [0, 0.05) is 35.0 Å². The molecule has 9 heteroatoms. The number of carbonyl (C=O) groups is 2. The second-order valence-electron chi connectivity index (χ2n) is 6.65. The molecule has 1 atom stereocenters. The number of aromatic amines is 1. The molecule has 3 aromatic rings. The molecule has 0 fully saturated rings. The maximum absolute atomic E-state index is 12.5. The zero-order valence-corrected chi connectivity index (χ0v) is 18.7. The summed E-state index contributed by atoms with van der Waals surface area (Å²) in [6, 6.07) is 18.2. The number of rotatable bonds is 8. The molecule has 1 unspecified atom stereocenters. The standard InChI is InChI=1S/C22H22N4O3S2/c1-14(21(29)24-17-10-8-16(9-11-17)23-15(2)27)31-22-25-18(12-20(28)26-22)13-30-19-6-4-3-5-7-19/h3-12,14H,13H2,1-2H3,(H,23,27)(H,24,29)(H,25,26,28). The Kier molecular flexibility index (Phi) is 7.91. The number of thioether (sulfide) groups is 2. The summed E-state index contributed by atoms with van der Waals surface area (Å²) < 4.78 is 0. The molecule has 0 spiro atoms. The van der Waals surface area contributed by atoms with Crippen molar-refractivity contribution in [2.45, 2.75) is 34.9 Å². The topological polar surface area (TPSA) is 104 Å². The van der Waals surface area contributed by atoms with Crippen LogP contribution in [-0.2, 0) is 15.3 Å². The largest absolute Gasteiger partial charge is 0.326 e. The molecule has 0 bridgehead atoms. The van der Waals surface area contributed by atoms with E-state index in [-0.39, 0.29) is 17.4 Å². The number of nitrogens with zero attached hydrogens (tertiary/aromatic N) is 1. The van der Waals surface area contributed by atoms with Gasteiger partial charge in [0.25, 0.3) is 5.56 Å². The van der Waals surface area contributed by atoms with Crippen molar-refractivity contribution in [3.63, 3.8) is 0 Å². The normalized spacial score (nSPS) is 11.5. The fraction of sp³-hybridized carbons (Fsp3) is 0.182. The molecule has 0 aliphatic carbocycles. The highest BCUT2D eigenvalue weighted by atomic mass is 32.2. The zero-order chi connectivity index (χ0) is 22.2. The second kappa shape index (κ2) is 10.8. The molecule has 3 N–H and O–H groups in total. The first-order chi connectivity index (χ1) is 14.9. The number of hydrogen-bond acceptors (Lipinski definition) is 6. The Morgan fingerprint density at radius 2 is 1.68 bits per heavy atom. The van der Waals surface area contributed by atoms with E-state index in [1.165, 1.54) is 24.8 Å². The monoisotopic (exact) mass is 454 g/mol. The minimum atomic E-state index is -0.477. The highest BCUT2D eigenvalue weighted by molar-refractivity contribution is 8.00. The van der Waals surface area contributed by atoms with Crippen molar-refractivity contribution in [2.75, 3.05) is 10.6 Å². The van der Waals surface area contributed by atoms with Gasteiger partial charge < -0.3 is 15.6 Å². The first-order valence-electron chi connectivity index (χ1n) is 9.52. The van der Waals surface area contributed by atoms with Crippen molar-refractivity contribution >= 4 is 46.7 Å². The maximum atomic E-state index is 12.5. The van der Waals surface area contributed by atoms with E-state index < -0.39 is 5.25 Å². The summed E-state index contributed by atoms with van der Waals surface area (Å²) in [5.74, 6) is 0.180. The van der Waals surface area contributed by atoms with Crippen LogP contribution in [0.2, 0.25) is 0 Å². The molecule has 0 saturated heterocycles. The highest BCUT2D eigenvalue weighted by Crippen LogP contribution is 2.24. The number of aromatic nitrogens is 2. The summed E-state index contributed by atoms with van der Waals surface area (Å²) in [5, 5.41) is 5.42. The van der Waals surface area contributed by atoms with E-state index >= 15 is 0 Å². The fourth-order valence-corrected chi connectivity index (χ4v) is 4.23. The van der Waals surface area contributed by atoms with Crippen LogP contribution in [0.15, 0.2) is 75.5 Å². The van der Waals surface area contributed by atoms with E-state index in [9.17, 15) is 14.4 Å².